The molecule has 2 saturated carbocycles. The van der Waals surface area contributed by atoms with E-state index in [4.69, 9.17) is 4.74 Å². The van der Waals surface area contributed by atoms with Crippen molar-refractivity contribution in [1.29, 1.82) is 0 Å². The fourth-order valence-corrected chi connectivity index (χ4v) is 4.31. The van der Waals surface area contributed by atoms with E-state index in [-0.39, 0.29) is 0 Å². The summed E-state index contributed by atoms with van der Waals surface area (Å²) in [7, 11) is 1.74. The van der Waals surface area contributed by atoms with Gasteiger partial charge in [-0.15, -0.1) is 0 Å². The molecule has 2 aliphatic rings. The molecule has 2 fully saturated rings. The first kappa shape index (κ1) is 13.4. The van der Waals surface area contributed by atoms with Gasteiger partial charge in [0.05, 0.1) is 7.11 Å². The van der Waals surface area contributed by atoms with E-state index in [1.165, 1.54) is 31.2 Å². The van der Waals surface area contributed by atoms with Gasteiger partial charge in [-0.25, -0.2) is 0 Å². The molecule has 2 nitrogen and oxygen atoms in total. The third-order valence-electron chi connectivity index (χ3n) is 4.85. The van der Waals surface area contributed by atoms with Crippen LogP contribution in [0.15, 0.2) is 22.7 Å². The minimum Gasteiger partial charge on any atom is -0.496 e. The molecule has 0 saturated heterocycles. The van der Waals surface area contributed by atoms with Crippen LogP contribution < -0.4 is 10.1 Å². The van der Waals surface area contributed by atoms with Gasteiger partial charge in [0.2, 0.25) is 0 Å². The van der Waals surface area contributed by atoms with Crippen molar-refractivity contribution >= 4 is 15.9 Å². The summed E-state index contributed by atoms with van der Waals surface area (Å²) in [4.78, 5) is 0. The molecule has 0 radical (unpaired) electrons. The van der Waals surface area contributed by atoms with E-state index in [0.29, 0.717) is 0 Å². The second kappa shape index (κ2) is 5.84. The first-order valence-corrected chi connectivity index (χ1v) is 8.08. The zero-order valence-corrected chi connectivity index (χ0v) is 13.1. The van der Waals surface area contributed by atoms with Crippen LogP contribution in [-0.4, -0.2) is 13.7 Å². The average molecular weight is 324 g/mol. The zero-order chi connectivity index (χ0) is 13.2. The number of benzene rings is 1. The van der Waals surface area contributed by atoms with Crippen molar-refractivity contribution in [2.45, 2.75) is 32.2 Å². The van der Waals surface area contributed by atoms with Gasteiger partial charge < -0.3 is 10.1 Å². The van der Waals surface area contributed by atoms with Crippen LogP contribution in [0.25, 0.3) is 0 Å². The summed E-state index contributed by atoms with van der Waals surface area (Å²) < 4.78 is 6.53. The number of hydrogen-bond acceptors (Lipinski definition) is 2. The summed E-state index contributed by atoms with van der Waals surface area (Å²) in [6.45, 7) is 2.06. The highest BCUT2D eigenvalue weighted by atomic mass is 79.9. The summed E-state index contributed by atoms with van der Waals surface area (Å²) in [6, 6.07) is 6.20. The highest BCUT2D eigenvalue weighted by molar-refractivity contribution is 9.10. The standard InChI is InChI=1S/C16H22BrNO/c1-19-16-5-4-15(17)8-14(16)10-18-9-13-7-11-2-3-12(13)6-11/h4-5,8,11-13,18H,2-3,6-7,9-10H2,1H3. The second-order valence-electron chi connectivity index (χ2n) is 6.02. The Hall–Kier alpha value is -0.540. The van der Waals surface area contributed by atoms with Crippen molar-refractivity contribution < 1.29 is 4.74 Å². The number of halogens is 1. The van der Waals surface area contributed by atoms with Gasteiger partial charge in [0.25, 0.3) is 0 Å². The molecule has 0 heterocycles. The molecule has 1 N–H and O–H groups in total. The third-order valence-corrected chi connectivity index (χ3v) is 5.34. The molecule has 0 aliphatic heterocycles. The van der Waals surface area contributed by atoms with Crippen molar-refractivity contribution in [2.24, 2.45) is 17.8 Å². The summed E-state index contributed by atoms with van der Waals surface area (Å²) in [5, 5.41) is 3.63. The van der Waals surface area contributed by atoms with E-state index in [0.717, 1.165) is 41.1 Å². The maximum atomic E-state index is 5.41. The second-order valence-corrected chi connectivity index (χ2v) is 6.94. The van der Waals surface area contributed by atoms with Crippen molar-refractivity contribution in [2.75, 3.05) is 13.7 Å². The molecule has 0 spiro atoms. The van der Waals surface area contributed by atoms with Gasteiger partial charge in [-0.05, 0) is 61.8 Å². The molecule has 3 rings (SSSR count). The Morgan fingerprint density at radius 3 is 2.89 bits per heavy atom. The smallest absolute Gasteiger partial charge is 0.123 e. The Balaban J connectivity index is 1.53. The fraction of sp³-hybridized carbons (Fsp3) is 0.625. The maximum Gasteiger partial charge on any atom is 0.123 e. The number of rotatable bonds is 5. The predicted molar refractivity (Wildman–Crippen MR) is 81.3 cm³/mol. The molecule has 2 bridgehead atoms. The average Bonchev–Trinajstić information content (AvgIpc) is 3.01. The lowest BCUT2D eigenvalue weighted by Gasteiger charge is -2.22. The van der Waals surface area contributed by atoms with Crippen LogP contribution in [0.2, 0.25) is 0 Å². The van der Waals surface area contributed by atoms with Crippen molar-refractivity contribution in [1.82, 2.24) is 5.32 Å². The molecule has 3 heteroatoms. The van der Waals surface area contributed by atoms with Crippen LogP contribution >= 0.6 is 15.9 Å². The lowest BCUT2D eigenvalue weighted by atomic mass is 9.89. The number of nitrogens with one attached hydrogen (secondary N) is 1. The minimum absolute atomic E-state index is 0.899. The normalized spacial score (nSPS) is 28.8. The van der Waals surface area contributed by atoms with E-state index in [1.54, 1.807) is 7.11 Å². The van der Waals surface area contributed by atoms with Crippen LogP contribution in [0.4, 0.5) is 0 Å². The van der Waals surface area contributed by atoms with Crippen molar-refractivity contribution in [3.63, 3.8) is 0 Å². The monoisotopic (exact) mass is 323 g/mol. The summed E-state index contributed by atoms with van der Waals surface area (Å²) in [6.07, 6.45) is 5.90. The van der Waals surface area contributed by atoms with E-state index in [1.807, 2.05) is 12.1 Å². The Kier molecular flexibility index (Phi) is 4.13. The van der Waals surface area contributed by atoms with Crippen LogP contribution in [0.5, 0.6) is 5.75 Å². The van der Waals surface area contributed by atoms with Gasteiger partial charge in [0.15, 0.2) is 0 Å². The van der Waals surface area contributed by atoms with Crippen LogP contribution in [0, 0.1) is 17.8 Å². The number of ether oxygens (including phenoxy) is 1. The van der Waals surface area contributed by atoms with E-state index in [2.05, 4.69) is 27.3 Å². The SMILES string of the molecule is COc1ccc(Br)cc1CNCC1CC2CCC1C2. The van der Waals surface area contributed by atoms with Gasteiger partial charge in [-0.2, -0.15) is 0 Å². The molecule has 1 aromatic rings. The summed E-state index contributed by atoms with van der Waals surface area (Å²) >= 11 is 3.53. The van der Waals surface area contributed by atoms with Gasteiger partial charge in [0.1, 0.15) is 5.75 Å². The minimum atomic E-state index is 0.899. The lowest BCUT2D eigenvalue weighted by Crippen LogP contribution is -2.26. The third kappa shape index (κ3) is 2.97. The van der Waals surface area contributed by atoms with Crippen LogP contribution in [-0.2, 0) is 6.54 Å². The van der Waals surface area contributed by atoms with Gasteiger partial charge in [-0.3, -0.25) is 0 Å². The zero-order valence-electron chi connectivity index (χ0n) is 11.5. The number of fused-ring (bicyclic) bond motifs is 2. The predicted octanol–water partition coefficient (Wildman–Crippen LogP) is 3.98. The Bertz CT molecular complexity index is 448. The highest BCUT2D eigenvalue weighted by Gasteiger charge is 2.38. The number of hydrogen-bond donors (Lipinski definition) is 1. The quantitative estimate of drug-likeness (QED) is 0.884. The van der Waals surface area contributed by atoms with Gasteiger partial charge in [0, 0.05) is 16.6 Å². The first-order chi connectivity index (χ1) is 9.26. The molecule has 3 atom stereocenters. The molecular formula is C16H22BrNO. The molecule has 104 valence electrons. The molecule has 0 aromatic heterocycles. The molecular weight excluding hydrogens is 302 g/mol. The summed E-state index contributed by atoms with van der Waals surface area (Å²) in [5.41, 5.74) is 1.24. The van der Waals surface area contributed by atoms with Crippen molar-refractivity contribution in [3.05, 3.63) is 28.2 Å². The van der Waals surface area contributed by atoms with E-state index in [9.17, 15) is 0 Å². The Morgan fingerprint density at radius 2 is 2.21 bits per heavy atom. The van der Waals surface area contributed by atoms with Crippen LogP contribution in [0.1, 0.15) is 31.2 Å². The van der Waals surface area contributed by atoms with Crippen molar-refractivity contribution in [3.8, 4) is 5.75 Å². The Labute approximate surface area is 124 Å². The Morgan fingerprint density at radius 1 is 1.32 bits per heavy atom. The van der Waals surface area contributed by atoms with Gasteiger partial charge >= 0.3 is 0 Å². The maximum absolute atomic E-state index is 5.41. The van der Waals surface area contributed by atoms with Gasteiger partial charge in [-0.1, -0.05) is 22.4 Å². The topological polar surface area (TPSA) is 21.3 Å². The molecule has 19 heavy (non-hydrogen) atoms. The first-order valence-electron chi connectivity index (χ1n) is 7.29. The van der Waals surface area contributed by atoms with Crippen LogP contribution in [0.3, 0.4) is 0 Å². The van der Waals surface area contributed by atoms with E-state index < -0.39 is 0 Å². The number of methoxy groups -OCH3 is 1. The molecule has 2 aliphatic carbocycles. The lowest BCUT2D eigenvalue weighted by molar-refractivity contribution is 0.317. The fourth-order valence-electron chi connectivity index (χ4n) is 3.90. The molecule has 0 amide bonds. The van der Waals surface area contributed by atoms with E-state index >= 15 is 0 Å². The molecule has 1 aromatic carbocycles. The largest absolute Gasteiger partial charge is 0.496 e. The summed E-state index contributed by atoms with van der Waals surface area (Å²) in [5.74, 6) is 3.93. The molecule has 3 unspecified atom stereocenters. The highest BCUT2D eigenvalue weighted by Crippen LogP contribution is 2.47.